The summed E-state index contributed by atoms with van der Waals surface area (Å²) in [4.78, 5) is 4.98. The van der Waals surface area contributed by atoms with Gasteiger partial charge in [-0.3, -0.25) is 0 Å². The molecule has 0 bridgehead atoms. The SMILES string of the molecule is CCN1CCN(c2cc(COCc3ccccc3)c(Cl)c(-c3ccccc3C)c2)CC1. The third-order valence-corrected chi connectivity index (χ3v) is 6.57. The molecule has 0 aromatic heterocycles. The fourth-order valence-electron chi connectivity index (χ4n) is 4.20. The van der Waals surface area contributed by atoms with Crippen LogP contribution in [-0.2, 0) is 18.0 Å². The van der Waals surface area contributed by atoms with Gasteiger partial charge in [0.15, 0.2) is 0 Å². The lowest BCUT2D eigenvalue weighted by molar-refractivity contribution is 0.107. The van der Waals surface area contributed by atoms with Crippen LogP contribution >= 0.6 is 11.6 Å². The van der Waals surface area contributed by atoms with Crippen molar-refractivity contribution < 1.29 is 4.74 Å². The highest BCUT2D eigenvalue weighted by atomic mass is 35.5. The van der Waals surface area contributed by atoms with E-state index >= 15 is 0 Å². The van der Waals surface area contributed by atoms with E-state index in [9.17, 15) is 0 Å². The molecule has 0 radical (unpaired) electrons. The lowest BCUT2D eigenvalue weighted by Crippen LogP contribution is -2.46. The van der Waals surface area contributed by atoms with Crippen LogP contribution in [0.15, 0.2) is 66.7 Å². The van der Waals surface area contributed by atoms with Gasteiger partial charge in [0.25, 0.3) is 0 Å². The Hall–Kier alpha value is -2.33. The van der Waals surface area contributed by atoms with Crippen LogP contribution in [0.3, 0.4) is 0 Å². The highest BCUT2D eigenvalue weighted by molar-refractivity contribution is 6.34. The van der Waals surface area contributed by atoms with Crippen molar-refractivity contribution in [3.8, 4) is 11.1 Å². The molecule has 3 aromatic carbocycles. The average molecular weight is 435 g/mol. The van der Waals surface area contributed by atoms with Gasteiger partial charge in [-0.1, -0.05) is 73.1 Å². The molecule has 4 heteroatoms. The number of hydrogen-bond donors (Lipinski definition) is 0. The zero-order chi connectivity index (χ0) is 21.6. The van der Waals surface area contributed by atoms with Gasteiger partial charge in [0, 0.05) is 37.4 Å². The van der Waals surface area contributed by atoms with Crippen molar-refractivity contribution in [2.45, 2.75) is 27.1 Å². The molecule has 1 aliphatic rings. The zero-order valence-corrected chi connectivity index (χ0v) is 19.2. The fraction of sp³-hybridized carbons (Fsp3) is 0.333. The summed E-state index contributed by atoms with van der Waals surface area (Å²) < 4.78 is 6.07. The van der Waals surface area contributed by atoms with Gasteiger partial charge in [-0.15, -0.1) is 0 Å². The molecule has 1 heterocycles. The summed E-state index contributed by atoms with van der Waals surface area (Å²) in [7, 11) is 0. The lowest BCUT2D eigenvalue weighted by Gasteiger charge is -2.36. The minimum Gasteiger partial charge on any atom is -0.372 e. The summed E-state index contributed by atoms with van der Waals surface area (Å²) in [5.74, 6) is 0. The van der Waals surface area contributed by atoms with Crippen molar-refractivity contribution in [3.05, 3.63) is 88.4 Å². The molecule has 3 aromatic rings. The van der Waals surface area contributed by atoms with E-state index < -0.39 is 0 Å². The lowest BCUT2D eigenvalue weighted by atomic mass is 9.97. The van der Waals surface area contributed by atoms with Crippen LogP contribution in [0.25, 0.3) is 11.1 Å². The first kappa shape index (κ1) is 21.9. The van der Waals surface area contributed by atoms with Gasteiger partial charge in [0.2, 0.25) is 0 Å². The molecule has 0 amide bonds. The molecule has 31 heavy (non-hydrogen) atoms. The number of anilines is 1. The molecule has 0 N–H and O–H groups in total. The summed E-state index contributed by atoms with van der Waals surface area (Å²) >= 11 is 6.95. The second kappa shape index (κ2) is 10.3. The number of rotatable bonds is 7. The first-order valence-electron chi connectivity index (χ1n) is 11.1. The molecule has 0 atom stereocenters. The second-order valence-electron chi connectivity index (χ2n) is 8.18. The quantitative estimate of drug-likeness (QED) is 0.442. The molecule has 1 aliphatic heterocycles. The van der Waals surface area contributed by atoms with Crippen molar-refractivity contribution in [2.75, 3.05) is 37.6 Å². The second-order valence-corrected chi connectivity index (χ2v) is 8.56. The Kier molecular flexibility index (Phi) is 7.29. The van der Waals surface area contributed by atoms with Crippen LogP contribution in [0.5, 0.6) is 0 Å². The van der Waals surface area contributed by atoms with Crippen LogP contribution in [-0.4, -0.2) is 37.6 Å². The number of nitrogens with zero attached hydrogens (tertiary/aromatic N) is 2. The maximum Gasteiger partial charge on any atom is 0.0736 e. The number of aryl methyl sites for hydroxylation is 1. The molecule has 1 saturated heterocycles. The Balaban J connectivity index is 1.62. The molecule has 0 saturated carbocycles. The van der Waals surface area contributed by atoms with E-state index in [-0.39, 0.29) is 0 Å². The van der Waals surface area contributed by atoms with Crippen LogP contribution in [0.2, 0.25) is 5.02 Å². The van der Waals surface area contributed by atoms with E-state index in [0.717, 1.165) is 48.9 Å². The maximum atomic E-state index is 6.95. The molecule has 162 valence electrons. The summed E-state index contributed by atoms with van der Waals surface area (Å²) in [5.41, 5.74) is 6.96. The van der Waals surface area contributed by atoms with E-state index in [1.807, 2.05) is 18.2 Å². The van der Waals surface area contributed by atoms with E-state index in [1.54, 1.807) is 0 Å². The number of likely N-dealkylation sites (N-methyl/N-ethyl adjacent to an activating group) is 1. The Morgan fingerprint density at radius 2 is 1.55 bits per heavy atom. The third-order valence-electron chi connectivity index (χ3n) is 6.12. The Morgan fingerprint density at radius 1 is 0.839 bits per heavy atom. The molecule has 0 spiro atoms. The molecular formula is C27H31ClN2O. The maximum absolute atomic E-state index is 6.95. The first-order chi connectivity index (χ1) is 15.2. The predicted octanol–water partition coefficient (Wildman–Crippen LogP) is 6.17. The molecule has 0 unspecified atom stereocenters. The number of ether oxygens (including phenoxy) is 1. The molecule has 3 nitrogen and oxygen atoms in total. The smallest absolute Gasteiger partial charge is 0.0736 e. The largest absolute Gasteiger partial charge is 0.372 e. The molecule has 4 rings (SSSR count). The van der Waals surface area contributed by atoms with E-state index in [1.165, 1.54) is 22.4 Å². The minimum absolute atomic E-state index is 0.495. The summed E-state index contributed by atoms with van der Waals surface area (Å²) in [5, 5.41) is 0.790. The van der Waals surface area contributed by atoms with Gasteiger partial charge < -0.3 is 14.5 Å². The monoisotopic (exact) mass is 434 g/mol. The van der Waals surface area contributed by atoms with Crippen molar-refractivity contribution in [3.63, 3.8) is 0 Å². The highest BCUT2D eigenvalue weighted by Crippen LogP contribution is 2.37. The van der Waals surface area contributed by atoms with Gasteiger partial charge in [0.1, 0.15) is 0 Å². The summed E-state index contributed by atoms with van der Waals surface area (Å²) in [6.45, 7) is 10.8. The van der Waals surface area contributed by atoms with Crippen LogP contribution in [0.1, 0.15) is 23.6 Å². The van der Waals surface area contributed by atoms with E-state index in [4.69, 9.17) is 16.3 Å². The van der Waals surface area contributed by atoms with Crippen molar-refractivity contribution in [2.24, 2.45) is 0 Å². The van der Waals surface area contributed by atoms with Crippen LogP contribution in [0, 0.1) is 6.92 Å². The van der Waals surface area contributed by atoms with Crippen molar-refractivity contribution >= 4 is 17.3 Å². The minimum atomic E-state index is 0.495. The van der Waals surface area contributed by atoms with Gasteiger partial charge in [-0.05, 0) is 47.9 Å². The number of piperazine rings is 1. The molecule has 1 fully saturated rings. The van der Waals surface area contributed by atoms with Gasteiger partial charge in [-0.25, -0.2) is 0 Å². The normalized spacial score (nSPS) is 14.7. The van der Waals surface area contributed by atoms with Gasteiger partial charge in [0.05, 0.1) is 18.2 Å². The average Bonchev–Trinajstić information content (AvgIpc) is 2.81. The highest BCUT2D eigenvalue weighted by Gasteiger charge is 2.19. The molecular weight excluding hydrogens is 404 g/mol. The number of hydrogen-bond acceptors (Lipinski definition) is 3. The molecule has 0 aliphatic carbocycles. The third kappa shape index (κ3) is 5.30. The van der Waals surface area contributed by atoms with Gasteiger partial charge >= 0.3 is 0 Å². The standard InChI is InChI=1S/C27H31ClN2O/c1-3-29-13-15-30(16-14-29)24-17-23(20-31-19-22-10-5-4-6-11-22)27(28)26(18-24)25-12-8-7-9-21(25)2/h4-12,17-18H,3,13-16,19-20H2,1-2H3. The van der Waals surface area contributed by atoms with E-state index in [0.29, 0.717) is 13.2 Å². The van der Waals surface area contributed by atoms with Gasteiger partial charge in [-0.2, -0.15) is 0 Å². The van der Waals surface area contributed by atoms with Crippen LogP contribution in [0.4, 0.5) is 5.69 Å². The number of halogens is 1. The van der Waals surface area contributed by atoms with Crippen LogP contribution < -0.4 is 4.90 Å². The Labute approximate surface area is 191 Å². The fourth-order valence-corrected chi connectivity index (χ4v) is 4.47. The first-order valence-corrected chi connectivity index (χ1v) is 11.5. The zero-order valence-electron chi connectivity index (χ0n) is 18.5. The number of benzene rings is 3. The summed E-state index contributed by atoms with van der Waals surface area (Å²) in [6.07, 6.45) is 0. The Morgan fingerprint density at radius 3 is 2.26 bits per heavy atom. The van der Waals surface area contributed by atoms with Crippen molar-refractivity contribution in [1.29, 1.82) is 0 Å². The van der Waals surface area contributed by atoms with E-state index in [2.05, 4.69) is 72.2 Å². The summed E-state index contributed by atoms with van der Waals surface area (Å²) in [6, 6.07) is 23.2. The predicted molar refractivity (Wildman–Crippen MR) is 131 cm³/mol. The Bertz CT molecular complexity index is 997. The topological polar surface area (TPSA) is 15.7 Å². The van der Waals surface area contributed by atoms with Crippen molar-refractivity contribution in [1.82, 2.24) is 4.90 Å².